The number of carbonyl (C=O) groups is 2. The van der Waals surface area contributed by atoms with E-state index in [1.807, 2.05) is 38.1 Å². The lowest BCUT2D eigenvalue weighted by molar-refractivity contribution is -0.139. The summed E-state index contributed by atoms with van der Waals surface area (Å²) in [5.74, 6) is -0.740. The Bertz CT molecular complexity index is 1040. The van der Waals surface area contributed by atoms with Crippen molar-refractivity contribution < 1.29 is 18.0 Å². The van der Waals surface area contributed by atoms with E-state index in [4.69, 9.17) is 0 Å². The van der Waals surface area contributed by atoms with Crippen molar-refractivity contribution in [3.8, 4) is 0 Å². The molecule has 7 nitrogen and oxygen atoms in total. The van der Waals surface area contributed by atoms with Gasteiger partial charge in [0, 0.05) is 17.6 Å². The first-order valence-corrected chi connectivity index (χ1v) is 13.0. The number of amides is 2. The molecule has 9 heteroatoms. The Morgan fingerprint density at radius 2 is 1.78 bits per heavy atom. The third-order valence-electron chi connectivity index (χ3n) is 4.97. The van der Waals surface area contributed by atoms with Crippen LogP contribution in [-0.2, 0) is 26.2 Å². The van der Waals surface area contributed by atoms with Crippen molar-refractivity contribution in [2.45, 2.75) is 39.8 Å². The van der Waals surface area contributed by atoms with Crippen LogP contribution in [0.25, 0.3) is 0 Å². The number of nitrogens with one attached hydrogen (secondary N) is 1. The van der Waals surface area contributed by atoms with E-state index in [2.05, 4.69) is 21.2 Å². The molecule has 0 fully saturated rings. The Balaban J connectivity index is 2.35. The third-order valence-corrected chi connectivity index (χ3v) is 6.60. The number of anilines is 1. The molecule has 1 atom stereocenters. The summed E-state index contributed by atoms with van der Waals surface area (Å²) in [5, 5.41) is 2.81. The number of halogens is 1. The molecule has 1 N–H and O–H groups in total. The van der Waals surface area contributed by atoms with Crippen LogP contribution < -0.4 is 9.62 Å². The van der Waals surface area contributed by atoms with Gasteiger partial charge >= 0.3 is 0 Å². The Labute approximate surface area is 199 Å². The zero-order valence-corrected chi connectivity index (χ0v) is 21.2. The van der Waals surface area contributed by atoms with Crippen LogP contribution in [0.5, 0.6) is 0 Å². The molecule has 2 amide bonds. The van der Waals surface area contributed by atoms with Gasteiger partial charge < -0.3 is 10.2 Å². The van der Waals surface area contributed by atoms with Crippen LogP contribution in [0.1, 0.15) is 31.4 Å². The number of aryl methyl sites for hydroxylation is 1. The molecular weight excluding hydrogens is 494 g/mol. The van der Waals surface area contributed by atoms with Crippen LogP contribution in [0, 0.1) is 6.92 Å². The van der Waals surface area contributed by atoms with Gasteiger partial charge in [-0.25, -0.2) is 8.42 Å². The summed E-state index contributed by atoms with van der Waals surface area (Å²) in [6.45, 7) is 5.85. The van der Waals surface area contributed by atoms with Gasteiger partial charge in [0.2, 0.25) is 21.8 Å². The standard InChI is InChI=1S/C23H30BrN3O4S/c1-5-13-25-23(29)18(3)26(15-19-11-9-17(2)10-12-19)22(28)16-27(32(4,30)31)21-8-6-7-20(24)14-21/h6-12,14,18H,5,13,15-16H2,1-4H3,(H,25,29). The second-order valence-corrected chi connectivity index (χ2v) is 10.5. The van der Waals surface area contributed by atoms with E-state index in [0.717, 1.165) is 28.1 Å². The Kier molecular flexibility index (Phi) is 9.27. The monoisotopic (exact) mass is 523 g/mol. The second kappa shape index (κ2) is 11.5. The lowest BCUT2D eigenvalue weighted by Gasteiger charge is -2.31. The second-order valence-electron chi connectivity index (χ2n) is 7.72. The molecule has 2 aromatic rings. The molecule has 0 saturated carbocycles. The van der Waals surface area contributed by atoms with Gasteiger partial charge in [0.1, 0.15) is 12.6 Å². The molecule has 32 heavy (non-hydrogen) atoms. The molecule has 0 aromatic heterocycles. The number of carbonyl (C=O) groups excluding carboxylic acids is 2. The van der Waals surface area contributed by atoms with Crippen molar-refractivity contribution in [1.29, 1.82) is 0 Å². The van der Waals surface area contributed by atoms with Crippen molar-refractivity contribution in [3.05, 3.63) is 64.1 Å². The van der Waals surface area contributed by atoms with Gasteiger partial charge in [-0.2, -0.15) is 0 Å². The summed E-state index contributed by atoms with van der Waals surface area (Å²) < 4.78 is 26.8. The van der Waals surface area contributed by atoms with Gasteiger partial charge in [-0.1, -0.05) is 58.7 Å². The summed E-state index contributed by atoms with van der Waals surface area (Å²) in [6.07, 6.45) is 1.83. The molecule has 1 unspecified atom stereocenters. The third kappa shape index (κ3) is 7.34. The molecule has 0 spiro atoms. The molecule has 0 radical (unpaired) electrons. The van der Waals surface area contributed by atoms with E-state index in [1.165, 1.54) is 4.90 Å². The summed E-state index contributed by atoms with van der Waals surface area (Å²) in [4.78, 5) is 27.4. The highest BCUT2D eigenvalue weighted by atomic mass is 79.9. The minimum Gasteiger partial charge on any atom is -0.354 e. The zero-order valence-electron chi connectivity index (χ0n) is 18.8. The highest BCUT2D eigenvalue weighted by Gasteiger charge is 2.30. The molecule has 0 aliphatic rings. The van der Waals surface area contributed by atoms with Crippen molar-refractivity contribution >= 4 is 43.5 Å². The van der Waals surface area contributed by atoms with Crippen LogP contribution in [0.4, 0.5) is 5.69 Å². The summed E-state index contributed by atoms with van der Waals surface area (Å²) in [7, 11) is -3.74. The van der Waals surface area contributed by atoms with Crippen LogP contribution in [0.3, 0.4) is 0 Å². The van der Waals surface area contributed by atoms with Crippen molar-refractivity contribution in [2.75, 3.05) is 23.7 Å². The van der Waals surface area contributed by atoms with E-state index < -0.39 is 28.5 Å². The fourth-order valence-electron chi connectivity index (χ4n) is 3.11. The molecule has 0 saturated heterocycles. The largest absolute Gasteiger partial charge is 0.354 e. The zero-order chi connectivity index (χ0) is 23.9. The van der Waals surface area contributed by atoms with Gasteiger partial charge in [-0.3, -0.25) is 13.9 Å². The fourth-order valence-corrected chi connectivity index (χ4v) is 4.34. The molecule has 0 aliphatic carbocycles. The van der Waals surface area contributed by atoms with Crippen molar-refractivity contribution in [3.63, 3.8) is 0 Å². The van der Waals surface area contributed by atoms with E-state index in [1.54, 1.807) is 31.2 Å². The first-order chi connectivity index (χ1) is 15.0. The molecule has 0 bridgehead atoms. The molecule has 0 aliphatic heterocycles. The average Bonchev–Trinajstić information content (AvgIpc) is 2.73. The number of hydrogen-bond acceptors (Lipinski definition) is 4. The SMILES string of the molecule is CCCNC(=O)C(C)N(Cc1ccc(C)cc1)C(=O)CN(c1cccc(Br)c1)S(C)(=O)=O. The smallest absolute Gasteiger partial charge is 0.244 e. The van der Waals surface area contributed by atoms with Crippen molar-refractivity contribution in [1.82, 2.24) is 10.2 Å². The lowest BCUT2D eigenvalue weighted by atomic mass is 10.1. The Hall–Kier alpha value is -2.39. The fraction of sp³-hybridized carbons (Fsp3) is 0.391. The van der Waals surface area contributed by atoms with E-state index in [0.29, 0.717) is 16.7 Å². The highest BCUT2D eigenvalue weighted by Crippen LogP contribution is 2.23. The average molecular weight is 524 g/mol. The molecule has 0 heterocycles. The maximum atomic E-state index is 13.4. The highest BCUT2D eigenvalue weighted by molar-refractivity contribution is 9.10. The number of hydrogen-bond donors (Lipinski definition) is 1. The topological polar surface area (TPSA) is 86.8 Å². The maximum Gasteiger partial charge on any atom is 0.244 e. The van der Waals surface area contributed by atoms with Crippen LogP contribution in [-0.4, -0.2) is 50.5 Å². The van der Waals surface area contributed by atoms with Crippen molar-refractivity contribution in [2.24, 2.45) is 0 Å². The Morgan fingerprint density at radius 1 is 1.12 bits per heavy atom. The van der Waals surface area contributed by atoms with Gasteiger partial charge in [0.25, 0.3) is 0 Å². The normalized spacial score (nSPS) is 12.2. The van der Waals surface area contributed by atoms with Crippen LogP contribution in [0.2, 0.25) is 0 Å². The lowest BCUT2D eigenvalue weighted by Crippen LogP contribution is -2.51. The molecule has 2 rings (SSSR count). The van der Waals surface area contributed by atoms with Gasteiger partial charge in [0.15, 0.2) is 0 Å². The first kappa shape index (κ1) is 25.9. The molecular formula is C23H30BrN3O4S. The number of benzene rings is 2. The predicted octanol–water partition coefficient (Wildman–Crippen LogP) is 3.47. The Morgan fingerprint density at radius 3 is 2.34 bits per heavy atom. The minimum absolute atomic E-state index is 0.190. The summed E-state index contributed by atoms with van der Waals surface area (Å²) in [5.41, 5.74) is 2.30. The van der Waals surface area contributed by atoms with Crippen LogP contribution in [0.15, 0.2) is 53.0 Å². The quantitative estimate of drug-likeness (QED) is 0.516. The predicted molar refractivity (Wildman–Crippen MR) is 131 cm³/mol. The van der Waals surface area contributed by atoms with Gasteiger partial charge in [0.05, 0.1) is 11.9 Å². The maximum absolute atomic E-state index is 13.4. The number of rotatable bonds is 10. The van der Waals surface area contributed by atoms with Crippen LogP contribution >= 0.6 is 15.9 Å². The first-order valence-electron chi connectivity index (χ1n) is 10.4. The number of nitrogens with zero attached hydrogens (tertiary/aromatic N) is 2. The van der Waals surface area contributed by atoms with Gasteiger partial charge in [-0.15, -0.1) is 0 Å². The van der Waals surface area contributed by atoms with E-state index in [-0.39, 0.29) is 12.5 Å². The van der Waals surface area contributed by atoms with E-state index in [9.17, 15) is 18.0 Å². The van der Waals surface area contributed by atoms with Gasteiger partial charge in [-0.05, 0) is 44.0 Å². The molecule has 174 valence electrons. The molecule has 2 aromatic carbocycles. The summed E-state index contributed by atoms with van der Waals surface area (Å²) in [6, 6.07) is 13.6. The number of sulfonamides is 1. The minimum atomic E-state index is -3.74. The summed E-state index contributed by atoms with van der Waals surface area (Å²) >= 11 is 3.34. The van der Waals surface area contributed by atoms with E-state index >= 15 is 0 Å².